The topological polar surface area (TPSA) is 73.9 Å². The van der Waals surface area contributed by atoms with Gasteiger partial charge in [-0.25, -0.2) is 4.39 Å². The monoisotopic (exact) mass is 328 g/mol. The van der Waals surface area contributed by atoms with Crippen LogP contribution >= 0.6 is 0 Å². The predicted molar refractivity (Wildman–Crippen MR) is 88.8 cm³/mol. The van der Waals surface area contributed by atoms with Crippen LogP contribution in [0.25, 0.3) is 0 Å². The highest BCUT2D eigenvalue weighted by Crippen LogP contribution is 2.18. The average molecular weight is 328 g/mol. The molecular formula is C18H17FN2O3. The van der Waals surface area contributed by atoms with Crippen molar-refractivity contribution in [2.75, 3.05) is 0 Å². The van der Waals surface area contributed by atoms with Crippen LogP contribution in [0.3, 0.4) is 0 Å². The summed E-state index contributed by atoms with van der Waals surface area (Å²) in [4.78, 5) is 15.4. The first-order valence-electron chi connectivity index (χ1n) is 7.19. The highest BCUT2D eigenvalue weighted by Gasteiger charge is 2.09. The van der Waals surface area contributed by atoms with E-state index in [4.69, 9.17) is 15.3 Å². The van der Waals surface area contributed by atoms with Gasteiger partial charge in [0.05, 0.1) is 5.56 Å². The van der Waals surface area contributed by atoms with Crippen LogP contribution in [0.5, 0.6) is 5.75 Å². The van der Waals surface area contributed by atoms with E-state index in [1.54, 1.807) is 6.07 Å². The summed E-state index contributed by atoms with van der Waals surface area (Å²) in [6, 6.07) is 13.8. The molecule has 0 amide bonds. The number of carbonyl (C=O) groups excluding carboxylic acids is 1. The van der Waals surface area contributed by atoms with Gasteiger partial charge in [0.1, 0.15) is 24.4 Å². The average Bonchev–Trinajstić information content (AvgIpc) is 2.57. The highest BCUT2D eigenvalue weighted by atomic mass is 19.1. The molecule has 0 aliphatic rings. The number of hydrogen-bond acceptors (Lipinski definition) is 4. The summed E-state index contributed by atoms with van der Waals surface area (Å²) in [5.74, 6) is -0.545. The minimum atomic E-state index is -0.582. The Kier molecular flexibility index (Phi) is 6.08. The zero-order valence-corrected chi connectivity index (χ0v) is 13.1. The fraction of sp³-hybridized carbons (Fsp3) is 0.111. The number of hydrogen-bond donors (Lipinski definition) is 1. The summed E-state index contributed by atoms with van der Waals surface area (Å²) in [6.07, 6.45) is 2.25. The largest absolute Gasteiger partial charge is 0.489 e. The predicted octanol–water partition coefficient (Wildman–Crippen LogP) is 3.14. The van der Waals surface area contributed by atoms with Crippen LogP contribution in [0.2, 0.25) is 0 Å². The van der Waals surface area contributed by atoms with Gasteiger partial charge in [-0.3, -0.25) is 4.79 Å². The summed E-state index contributed by atoms with van der Waals surface area (Å²) >= 11 is 0. The number of carbonyl (C=O) groups is 1. The smallest absolute Gasteiger partial charge is 0.173 e. The maximum Gasteiger partial charge on any atom is 0.173 e. The SMILES string of the molecule is CC(=O)/C=C/O/N=C(\N)c1ccc(OCc2ccccc2)cc1F. The van der Waals surface area contributed by atoms with Crippen molar-refractivity contribution in [2.45, 2.75) is 13.5 Å². The Morgan fingerprint density at radius 3 is 2.67 bits per heavy atom. The highest BCUT2D eigenvalue weighted by molar-refractivity contribution is 5.97. The van der Waals surface area contributed by atoms with E-state index < -0.39 is 5.82 Å². The van der Waals surface area contributed by atoms with Crippen LogP contribution in [0.1, 0.15) is 18.1 Å². The molecule has 0 aliphatic carbocycles. The second-order valence-electron chi connectivity index (χ2n) is 4.91. The van der Waals surface area contributed by atoms with Crippen LogP contribution in [-0.4, -0.2) is 11.6 Å². The molecule has 0 unspecified atom stereocenters. The van der Waals surface area contributed by atoms with Gasteiger partial charge in [-0.2, -0.15) is 0 Å². The van der Waals surface area contributed by atoms with Gasteiger partial charge in [0.25, 0.3) is 0 Å². The molecule has 2 N–H and O–H groups in total. The molecule has 0 heterocycles. The summed E-state index contributed by atoms with van der Waals surface area (Å²) in [7, 11) is 0. The number of nitrogens with zero attached hydrogens (tertiary/aromatic N) is 1. The Labute approximate surface area is 139 Å². The quantitative estimate of drug-likeness (QED) is 0.279. The van der Waals surface area contributed by atoms with Crippen LogP contribution in [0.4, 0.5) is 4.39 Å². The van der Waals surface area contributed by atoms with Gasteiger partial charge in [-0.1, -0.05) is 35.5 Å². The van der Waals surface area contributed by atoms with E-state index in [2.05, 4.69) is 5.16 Å². The van der Waals surface area contributed by atoms with E-state index in [0.29, 0.717) is 12.4 Å². The molecular weight excluding hydrogens is 311 g/mol. The third kappa shape index (κ3) is 5.24. The number of oxime groups is 1. The molecule has 2 rings (SSSR count). The molecule has 0 radical (unpaired) electrons. The number of benzene rings is 2. The third-order valence-electron chi connectivity index (χ3n) is 2.98. The maximum atomic E-state index is 14.1. The Balaban J connectivity index is 2.00. The van der Waals surface area contributed by atoms with Crippen LogP contribution in [0.15, 0.2) is 66.0 Å². The van der Waals surface area contributed by atoms with Gasteiger partial charge >= 0.3 is 0 Å². The zero-order valence-electron chi connectivity index (χ0n) is 13.1. The van der Waals surface area contributed by atoms with Crippen molar-refractivity contribution < 1.29 is 18.8 Å². The fourth-order valence-electron chi connectivity index (χ4n) is 1.80. The molecule has 0 aromatic heterocycles. The van der Waals surface area contributed by atoms with E-state index in [0.717, 1.165) is 11.8 Å². The molecule has 5 nitrogen and oxygen atoms in total. The molecule has 0 fully saturated rings. The number of ketones is 1. The Morgan fingerprint density at radius 1 is 1.25 bits per heavy atom. The number of allylic oxidation sites excluding steroid dienone is 1. The number of ether oxygens (including phenoxy) is 1. The minimum absolute atomic E-state index is 0.0817. The van der Waals surface area contributed by atoms with Crippen LogP contribution in [-0.2, 0) is 16.2 Å². The Bertz CT molecular complexity index is 758. The molecule has 124 valence electrons. The first-order valence-corrected chi connectivity index (χ1v) is 7.19. The number of halogens is 1. The van der Waals surface area contributed by atoms with E-state index >= 15 is 0 Å². The third-order valence-corrected chi connectivity index (χ3v) is 2.98. The Morgan fingerprint density at radius 2 is 2.00 bits per heavy atom. The number of rotatable bonds is 7. The van der Waals surface area contributed by atoms with Crippen molar-refractivity contribution in [1.82, 2.24) is 0 Å². The molecule has 0 aliphatic heterocycles. The first kappa shape index (κ1) is 17.2. The molecule has 24 heavy (non-hydrogen) atoms. The molecule has 6 heteroatoms. The Hall–Kier alpha value is -3.15. The van der Waals surface area contributed by atoms with Gasteiger partial charge in [-0.15, -0.1) is 0 Å². The fourth-order valence-corrected chi connectivity index (χ4v) is 1.80. The van der Waals surface area contributed by atoms with Crippen molar-refractivity contribution in [2.24, 2.45) is 10.9 Å². The van der Waals surface area contributed by atoms with Crippen LogP contribution in [0, 0.1) is 5.82 Å². The summed E-state index contributed by atoms with van der Waals surface area (Å²) in [6.45, 7) is 1.70. The van der Waals surface area contributed by atoms with Gasteiger partial charge in [0.2, 0.25) is 0 Å². The van der Waals surface area contributed by atoms with Crippen molar-refractivity contribution in [3.05, 3.63) is 77.8 Å². The molecule has 2 aromatic carbocycles. The lowest BCUT2D eigenvalue weighted by Gasteiger charge is -2.08. The zero-order chi connectivity index (χ0) is 17.4. The molecule has 2 aromatic rings. The second kappa shape index (κ2) is 8.47. The molecule has 0 atom stereocenters. The minimum Gasteiger partial charge on any atom is -0.489 e. The summed E-state index contributed by atoms with van der Waals surface area (Å²) in [5, 5.41) is 3.53. The van der Waals surface area contributed by atoms with E-state index in [1.807, 2.05) is 30.3 Å². The van der Waals surface area contributed by atoms with Crippen molar-refractivity contribution >= 4 is 11.6 Å². The van der Waals surface area contributed by atoms with Gasteiger partial charge < -0.3 is 15.3 Å². The maximum absolute atomic E-state index is 14.1. The van der Waals surface area contributed by atoms with Gasteiger partial charge in [0, 0.05) is 12.1 Å². The summed E-state index contributed by atoms with van der Waals surface area (Å²) < 4.78 is 19.6. The van der Waals surface area contributed by atoms with Crippen molar-refractivity contribution in [3.8, 4) is 5.75 Å². The number of nitrogens with two attached hydrogens (primary N) is 1. The standard InChI is InChI=1S/C18H17FN2O3/c1-13(22)9-10-24-21-18(20)16-8-7-15(11-17(16)19)23-12-14-5-3-2-4-6-14/h2-11H,12H2,1H3,(H2,20,21)/b10-9+. The normalized spacial score (nSPS) is 11.5. The van der Waals surface area contributed by atoms with Gasteiger partial charge in [0.15, 0.2) is 11.6 Å². The molecule has 0 spiro atoms. The number of amidine groups is 1. The summed E-state index contributed by atoms with van der Waals surface area (Å²) in [5.41, 5.74) is 6.72. The lowest BCUT2D eigenvalue weighted by Crippen LogP contribution is -2.15. The van der Waals surface area contributed by atoms with Crippen LogP contribution < -0.4 is 10.5 Å². The molecule has 0 saturated carbocycles. The lowest BCUT2D eigenvalue weighted by atomic mass is 10.2. The lowest BCUT2D eigenvalue weighted by molar-refractivity contribution is -0.112. The molecule has 0 saturated heterocycles. The van der Waals surface area contributed by atoms with E-state index in [9.17, 15) is 9.18 Å². The second-order valence-corrected chi connectivity index (χ2v) is 4.91. The molecule has 0 bridgehead atoms. The first-order chi connectivity index (χ1) is 11.6. The van der Waals surface area contributed by atoms with Gasteiger partial charge in [-0.05, 0) is 24.6 Å². The van der Waals surface area contributed by atoms with E-state index in [1.165, 1.54) is 25.1 Å². The van der Waals surface area contributed by atoms with Crippen molar-refractivity contribution in [1.29, 1.82) is 0 Å². The van der Waals surface area contributed by atoms with Crippen molar-refractivity contribution in [3.63, 3.8) is 0 Å². The van der Waals surface area contributed by atoms with E-state index in [-0.39, 0.29) is 17.2 Å².